The molecule has 0 heterocycles. The van der Waals surface area contributed by atoms with Crippen molar-refractivity contribution in [1.29, 1.82) is 0 Å². The molecule has 0 aliphatic carbocycles. The average molecular weight is 434 g/mol. The molecule has 0 spiro atoms. The molecular weight excluding hydrogens is 416 g/mol. The Balaban J connectivity index is 1.46. The Bertz CT molecular complexity index is 969. The van der Waals surface area contributed by atoms with Crippen LogP contribution in [0, 0.1) is 0 Å². The first-order valence-corrected chi connectivity index (χ1v) is 9.31. The van der Waals surface area contributed by atoms with Crippen molar-refractivity contribution in [3.63, 3.8) is 0 Å². The number of amides is 1. The minimum absolute atomic E-state index is 0.0416. The maximum Gasteiger partial charge on any atom is 0.387 e. The van der Waals surface area contributed by atoms with Crippen LogP contribution >= 0.6 is 11.6 Å². The summed E-state index contributed by atoms with van der Waals surface area (Å²) in [5.74, 6) is 0.570. The van der Waals surface area contributed by atoms with Gasteiger partial charge in [0.1, 0.15) is 23.9 Å². The smallest absolute Gasteiger partial charge is 0.387 e. The van der Waals surface area contributed by atoms with Gasteiger partial charge in [-0.2, -0.15) is 8.78 Å². The van der Waals surface area contributed by atoms with Gasteiger partial charge in [0, 0.05) is 5.69 Å². The van der Waals surface area contributed by atoms with E-state index in [2.05, 4.69) is 10.1 Å². The zero-order valence-electron chi connectivity index (χ0n) is 15.7. The molecule has 0 radical (unpaired) electrons. The van der Waals surface area contributed by atoms with E-state index in [1.807, 2.05) is 30.3 Å². The Kier molecular flexibility index (Phi) is 7.45. The number of anilines is 1. The molecule has 0 saturated heterocycles. The zero-order valence-corrected chi connectivity index (χ0v) is 16.4. The molecule has 156 valence electrons. The fraction of sp³-hybridized carbons (Fsp3) is 0.136. The average Bonchev–Trinajstić information content (AvgIpc) is 2.74. The van der Waals surface area contributed by atoms with Crippen LogP contribution in [0.5, 0.6) is 17.2 Å². The summed E-state index contributed by atoms with van der Waals surface area (Å²) in [6.07, 6.45) is 0. The molecule has 0 bridgehead atoms. The van der Waals surface area contributed by atoms with Crippen LogP contribution in [-0.4, -0.2) is 19.1 Å². The summed E-state index contributed by atoms with van der Waals surface area (Å²) in [6.45, 7) is -2.77. The number of carbonyl (C=O) groups is 1. The molecule has 1 amide bonds. The van der Waals surface area contributed by atoms with Crippen molar-refractivity contribution in [3.8, 4) is 17.2 Å². The van der Waals surface area contributed by atoms with Crippen LogP contribution in [0.15, 0.2) is 72.8 Å². The Morgan fingerprint density at radius 1 is 0.933 bits per heavy atom. The normalized spacial score (nSPS) is 10.5. The second kappa shape index (κ2) is 10.5. The number of alkyl halides is 2. The second-order valence-electron chi connectivity index (χ2n) is 6.11. The number of rotatable bonds is 9. The predicted molar refractivity (Wildman–Crippen MR) is 109 cm³/mol. The highest BCUT2D eigenvalue weighted by Crippen LogP contribution is 2.29. The Labute approximate surface area is 177 Å². The summed E-state index contributed by atoms with van der Waals surface area (Å²) in [6, 6.07) is 20.6. The molecule has 0 unspecified atom stereocenters. The molecule has 0 aliphatic rings. The molecule has 0 aliphatic heterocycles. The predicted octanol–water partition coefficient (Wildman–Crippen LogP) is 5.54. The highest BCUT2D eigenvalue weighted by atomic mass is 35.5. The lowest BCUT2D eigenvalue weighted by Gasteiger charge is -2.11. The van der Waals surface area contributed by atoms with Crippen molar-refractivity contribution in [2.24, 2.45) is 0 Å². The summed E-state index contributed by atoms with van der Waals surface area (Å²) in [5, 5.41) is 2.53. The molecule has 30 heavy (non-hydrogen) atoms. The number of ether oxygens (including phenoxy) is 3. The third-order valence-electron chi connectivity index (χ3n) is 3.87. The molecule has 5 nitrogen and oxygen atoms in total. The van der Waals surface area contributed by atoms with E-state index in [0.29, 0.717) is 23.8 Å². The van der Waals surface area contributed by atoms with E-state index in [9.17, 15) is 13.6 Å². The maximum atomic E-state index is 12.2. The molecular formula is C22H18ClF2NO4. The van der Waals surface area contributed by atoms with Gasteiger partial charge in [-0.1, -0.05) is 41.9 Å². The molecule has 3 rings (SSSR count). The van der Waals surface area contributed by atoms with E-state index in [4.69, 9.17) is 21.1 Å². The Morgan fingerprint density at radius 2 is 1.60 bits per heavy atom. The van der Waals surface area contributed by atoms with Crippen molar-refractivity contribution in [2.45, 2.75) is 13.2 Å². The fourth-order valence-corrected chi connectivity index (χ4v) is 2.71. The quantitative estimate of drug-likeness (QED) is 0.481. The van der Waals surface area contributed by atoms with Crippen molar-refractivity contribution in [3.05, 3.63) is 83.4 Å². The SMILES string of the molecule is O=C(COc1ccc(OCc2ccccc2)cc1)Nc1ccc(OC(F)F)c(Cl)c1. The van der Waals surface area contributed by atoms with E-state index in [0.717, 1.165) is 5.56 Å². The van der Waals surface area contributed by atoms with E-state index in [1.165, 1.54) is 18.2 Å². The highest BCUT2D eigenvalue weighted by Gasteiger charge is 2.11. The summed E-state index contributed by atoms with van der Waals surface area (Å²) < 4.78 is 39.9. The summed E-state index contributed by atoms with van der Waals surface area (Å²) >= 11 is 5.86. The fourth-order valence-electron chi connectivity index (χ4n) is 2.49. The van der Waals surface area contributed by atoms with Gasteiger partial charge in [0.15, 0.2) is 6.61 Å². The largest absolute Gasteiger partial charge is 0.489 e. The molecule has 1 N–H and O–H groups in total. The van der Waals surface area contributed by atoms with E-state index < -0.39 is 12.5 Å². The first kappa shape index (κ1) is 21.4. The van der Waals surface area contributed by atoms with Gasteiger partial charge in [0.2, 0.25) is 0 Å². The molecule has 0 fully saturated rings. The lowest BCUT2D eigenvalue weighted by molar-refractivity contribution is -0.118. The van der Waals surface area contributed by atoms with Crippen LogP contribution in [-0.2, 0) is 11.4 Å². The van der Waals surface area contributed by atoms with Gasteiger partial charge in [-0.25, -0.2) is 0 Å². The molecule has 0 saturated carbocycles. The van der Waals surface area contributed by atoms with E-state index >= 15 is 0 Å². The minimum atomic E-state index is -2.98. The van der Waals surface area contributed by atoms with Gasteiger partial charge in [-0.15, -0.1) is 0 Å². The minimum Gasteiger partial charge on any atom is -0.489 e. The number of hydrogen-bond acceptors (Lipinski definition) is 4. The maximum absolute atomic E-state index is 12.2. The Morgan fingerprint density at radius 3 is 2.23 bits per heavy atom. The molecule has 0 atom stereocenters. The number of nitrogens with one attached hydrogen (secondary N) is 1. The molecule has 3 aromatic rings. The van der Waals surface area contributed by atoms with Gasteiger partial charge in [-0.05, 0) is 48.0 Å². The van der Waals surface area contributed by atoms with Gasteiger partial charge in [0.25, 0.3) is 5.91 Å². The van der Waals surface area contributed by atoms with E-state index in [-0.39, 0.29) is 17.4 Å². The third kappa shape index (κ3) is 6.63. The summed E-state index contributed by atoms with van der Waals surface area (Å²) in [4.78, 5) is 12.0. The van der Waals surface area contributed by atoms with Crippen molar-refractivity contribution < 1.29 is 27.8 Å². The topological polar surface area (TPSA) is 56.8 Å². The number of benzene rings is 3. The lowest BCUT2D eigenvalue weighted by atomic mass is 10.2. The van der Waals surface area contributed by atoms with Crippen LogP contribution in [0.3, 0.4) is 0 Å². The zero-order chi connectivity index (χ0) is 21.3. The number of hydrogen-bond donors (Lipinski definition) is 1. The summed E-state index contributed by atoms with van der Waals surface area (Å²) in [5.41, 5.74) is 1.39. The van der Waals surface area contributed by atoms with Crippen LogP contribution in [0.1, 0.15) is 5.56 Å². The first-order valence-electron chi connectivity index (χ1n) is 8.93. The van der Waals surface area contributed by atoms with Crippen molar-refractivity contribution in [2.75, 3.05) is 11.9 Å². The standard InChI is InChI=1S/C22H18ClF2NO4/c23-19-12-16(6-11-20(19)30-22(24)25)26-21(27)14-29-18-9-7-17(8-10-18)28-13-15-4-2-1-3-5-15/h1-12,22H,13-14H2,(H,26,27). The van der Waals surface area contributed by atoms with Crippen LogP contribution in [0.2, 0.25) is 5.02 Å². The van der Waals surface area contributed by atoms with Crippen molar-refractivity contribution in [1.82, 2.24) is 0 Å². The highest BCUT2D eigenvalue weighted by molar-refractivity contribution is 6.32. The van der Waals surface area contributed by atoms with Gasteiger partial charge < -0.3 is 19.5 Å². The van der Waals surface area contributed by atoms with Gasteiger partial charge in [-0.3, -0.25) is 4.79 Å². The van der Waals surface area contributed by atoms with Gasteiger partial charge in [0.05, 0.1) is 5.02 Å². The van der Waals surface area contributed by atoms with Crippen molar-refractivity contribution >= 4 is 23.2 Å². The summed E-state index contributed by atoms with van der Waals surface area (Å²) in [7, 11) is 0. The second-order valence-corrected chi connectivity index (χ2v) is 6.51. The molecule has 3 aromatic carbocycles. The Hall–Kier alpha value is -3.32. The third-order valence-corrected chi connectivity index (χ3v) is 4.17. The molecule has 8 heteroatoms. The lowest BCUT2D eigenvalue weighted by Crippen LogP contribution is -2.20. The number of halogens is 3. The van der Waals surface area contributed by atoms with Crippen LogP contribution in [0.4, 0.5) is 14.5 Å². The van der Waals surface area contributed by atoms with Crippen LogP contribution in [0.25, 0.3) is 0 Å². The number of carbonyl (C=O) groups excluding carboxylic acids is 1. The monoisotopic (exact) mass is 433 g/mol. The van der Waals surface area contributed by atoms with Crippen LogP contribution < -0.4 is 19.5 Å². The van der Waals surface area contributed by atoms with E-state index in [1.54, 1.807) is 24.3 Å². The molecule has 0 aromatic heterocycles. The first-order chi connectivity index (χ1) is 14.5. The van der Waals surface area contributed by atoms with Gasteiger partial charge >= 0.3 is 6.61 Å².